The predicted octanol–water partition coefficient (Wildman–Crippen LogP) is 5.09. The first-order valence-corrected chi connectivity index (χ1v) is 9.44. The molecule has 0 aliphatic carbocycles. The third-order valence-corrected chi connectivity index (χ3v) is 4.34. The van der Waals surface area contributed by atoms with Gasteiger partial charge in [-0.25, -0.2) is 0 Å². The average Bonchev–Trinajstić information content (AvgIpc) is 3.12. The first-order chi connectivity index (χ1) is 13.0. The van der Waals surface area contributed by atoms with E-state index in [1.54, 1.807) is 18.2 Å². The highest BCUT2D eigenvalue weighted by atomic mass is 79.9. The molecular formula is C19H16BrClN2O4. The van der Waals surface area contributed by atoms with Crippen LogP contribution in [0.2, 0.25) is 5.02 Å². The number of benzene rings is 2. The van der Waals surface area contributed by atoms with Gasteiger partial charge in [-0.3, -0.25) is 4.79 Å². The summed E-state index contributed by atoms with van der Waals surface area (Å²) < 4.78 is 16.7. The summed E-state index contributed by atoms with van der Waals surface area (Å²) in [5.74, 6) is 1.47. The van der Waals surface area contributed by atoms with Gasteiger partial charge in [0.25, 0.3) is 0 Å². The summed E-state index contributed by atoms with van der Waals surface area (Å²) in [5, 5.41) is 4.30. The minimum atomic E-state index is -0.431. The molecule has 0 N–H and O–H groups in total. The van der Waals surface area contributed by atoms with Gasteiger partial charge in [0.1, 0.15) is 11.5 Å². The highest BCUT2D eigenvalue weighted by Crippen LogP contribution is 2.28. The molecule has 8 heteroatoms. The number of hydrogen-bond acceptors (Lipinski definition) is 6. The molecule has 0 unspecified atom stereocenters. The normalized spacial score (nSPS) is 10.6. The average molecular weight is 452 g/mol. The van der Waals surface area contributed by atoms with Crippen molar-refractivity contribution in [2.45, 2.75) is 19.8 Å². The zero-order chi connectivity index (χ0) is 19.2. The number of hydrogen-bond donors (Lipinski definition) is 0. The van der Waals surface area contributed by atoms with Crippen molar-refractivity contribution in [2.24, 2.45) is 0 Å². The lowest BCUT2D eigenvalue weighted by Crippen LogP contribution is -2.09. The number of rotatable bonds is 7. The van der Waals surface area contributed by atoms with Gasteiger partial charge in [-0.1, -0.05) is 32.7 Å². The molecule has 0 aliphatic heterocycles. The van der Waals surface area contributed by atoms with Crippen molar-refractivity contribution in [1.82, 2.24) is 10.1 Å². The first kappa shape index (κ1) is 19.4. The molecule has 3 rings (SSSR count). The van der Waals surface area contributed by atoms with Crippen LogP contribution in [0.1, 0.15) is 19.2 Å². The van der Waals surface area contributed by atoms with Crippen LogP contribution in [0.5, 0.6) is 11.5 Å². The van der Waals surface area contributed by atoms with E-state index in [1.165, 1.54) is 0 Å². The Kier molecular flexibility index (Phi) is 6.47. The predicted molar refractivity (Wildman–Crippen MR) is 104 cm³/mol. The molecule has 6 nitrogen and oxygen atoms in total. The van der Waals surface area contributed by atoms with Gasteiger partial charge in [-0.2, -0.15) is 4.98 Å². The molecule has 0 saturated carbocycles. The lowest BCUT2D eigenvalue weighted by molar-refractivity contribution is -0.134. The van der Waals surface area contributed by atoms with Crippen molar-refractivity contribution in [3.8, 4) is 22.9 Å². The van der Waals surface area contributed by atoms with E-state index in [0.717, 1.165) is 15.8 Å². The molecule has 140 valence electrons. The first-order valence-electron chi connectivity index (χ1n) is 8.26. The third kappa shape index (κ3) is 5.30. The minimum absolute atomic E-state index is 0.0945. The van der Waals surface area contributed by atoms with Gasteiger partial charge in [-0.15, -0.1) is 0 Å². The van der Waals surface area contributed by atoms with Crippen LogP contribution in [0.3, 0.4) is 0 Å². The van der Waals surface area contributed by atoms with Crippen molar-refractivity contribution in [3.05, 3.63) is 57.9 Å². The van der Waals surface area contributed by atoms with Crippen molar-refractivity contribution >= 4 is 33.5 Å². The Balaban J connectivity index is 1.56. The van der Waals surface area contributed by atoms with Crippen molar-refractivity contribution in [3.63, 3.8) is 0 Å². The molecule has 2 aromatic carbocycles. The molecule has 0 saturated heterocycles. The minimum Gasteiger partial charge on any atom is -0.494 e. The van der Waals surface area contributed by atoms with Gasteiger partial charge in [-0.05, 0) is 49.4 Å². The summed E-state index contributed by atoms with van der Waals surface area (Å²) in [6.45, 7) is 2.53. The van der Waals surface area contributed by atoms with Crippen LogP contribution in [0, 0.1) is 0 Å². The molecule has 1 aromatic heterocycles. The summed E-state index contributed by atoms with van der Waals surface area (Å²) in [4.78, 5) is 16.3. The molecule has 0 fully saturated rings. The van der Waals surface area contributed by atoms with E-state index in [4.69, 9.17) is 25.6 Å². The van der Waals surface area contributed by atoms with Crippen LogP contribution >= 0.6 is 27.5 Å². The van der Waals surface area contributed by atoms with Crippen LogP contribution in [-0.2, 0) is 11.2 Å². The second-order valence-corrected chi connectivity index (χ2v) is 6.84. The summed E-state index contributed by atoms with van der Waals surface area (Å²) >= 11 is 9.33. The summed E-state index contributed by atoms with van der Waals surface area (Å²) in [6.07, 6.45) is 0.369. The molecular weight excluding hydrogens is 436 g/mol. The molecule has 3 aromatic rings. The summed E-state index contributed by atoms with van der Waals surface area (Å²) in [7, 11) is 0. The van der Waals surface area contributed by atoms with Crippen LogP contribution in [-0.4, -0.2) is 22.7 Å². The number of ether oxygens (including phenoxy) is 2. The number of carbonyl (C=O) groups excluding carboxylic acids is 1. The van der Waals surface area contributed by atoms with Crippen molar-refractivity contribution in [2.75, 3.05) is 6.61 Å². The van der Waals surface area contributed by atoms with E-state index < -0.39 is 5.97 Å². The molecule has 27 heavy (non-hydrogen) atoms. The molecule has 0 amide bonds. The van der Waals surface area contributed by atoms with E-state index in [9.17, 15) is 4.79 Å². The van der Waals surface area contributed by atoms with E-state index in [1.807, 2.05) is 31.2 Å². The van der Waals surface area contributed by atoms with E-state index in [-0.39, 0.29) is 12.8 Å². The second-order valence-electron chi connectivity index (χ2n) is 5.52. The number of carbonyl (C=O) groups is 1. The largest absolute Gasteiger partial charge is 0.494 e. The fourth-order valence-electron chi connectivity index (χ4n) is 2.28. The van der Waals surface area contributed by atoms with Gasteiger partial charge in [0.15, 0.2) is 0 Å². The maximum absolute atomic E-state index is 12.0. The Morgan fingerprint density at radius 1 is 1.22 bits per heavy atom. The maximum atomic E-state index is 12.0. The van der Waals surface area contributed by atoms with Gasteiger partial charge >= 0.3 is 5.97 Å². The van der Waals surface area contributed by atoms with Crippen LogP contribution < -0.4 is 9.47 Å². The maximum Gasteiger partial charge on any atom is 0.311 e. The summed E-state index contributed by atoms with van der Waals surface area (Å²) in [5.41, 5.74) is 0.803. The Morgan fingerprint density at radius 2 is 2.00 bits per heavy atom. The molecule has 1 heterocycles. The highest BCUT2D eigenvalue weighted by molar-refractivity contribution is 9.10. The van der Waals surface area contributed by atoms with Gasteiger partial charge in [0, 0.05) is 16.5 Å². The van der Waals surface area contributed by atoms with E-state index in [0.29, 0.717) is 29.1 Å². The van der Waals surface area contributed by atoms with E-state index >= 15 is 0 Å². The van der Waals surface area contributed by atoms with Crippen LogP contribution in [0.4, 0.5) is 0 Å². The lowest BCUT2D eigenvalue weighted by atomic mass is 10.2. The number of halogens is 2. The van der Waals surface area contributed by atoms with Crippen molar-refractivity contribution in [1.29, 1.82) is 0 Å². The Morgan fingerprint density at radius 3 is 2.70 bits per heavy atom. The topological polar surface area (TPSA) is 74.5 Å². The fourth-order valence-corrected chi connectivity index (χ4v) is 2.99. The molecule has 0 radical (unpaired) electrons. The molecule has 0 atom stereocenters. The monoisotopic (exact) mass is 450 g/mol. The quantitative estimate of drug-likeness (QED) is 0.368. The molecule has 0 spiro atoms. The Hall–Kier alpha value is -2.38. The number of aromatic nitrogens is 2. The SMILES string of the molecule is CCOc1ccc(-c2noc(CCC(=O)Oc3ccc(Br)cc3Cl)n2)cc1. The number of aryl methyl sites for hydroxylation is 1. The van der Waals surface area contributed by atoms with Crippen LogP contribution in [0.25, 0.3) is 11.4 Å². The fraction of sp³-hybridized carbons (Fsp3) is 0.211. The second kappa shape index (κ2) is 9.01. The van der Waals surface area contributed by atoms with Gasteiger partial charge in [0.05, 0.1) is 18.1 Å². The van der Waals surface area contributed by atoms with E-state index in [2.05, 4.69) is 26.1 Å². The van der Waals surface area contributed by atoms with Gasteiger partial charge < -0.3 is 14.0 Å². The molecule has 0 bridgehead atoms. The standard InChI is InChI=1S/C19H16BrClN2O4/c1-2-25-14-6-3-12(4-7-14)19-22-17(27-23-19)9-10-18(24)26-16-8-5-13(20)11-15(16)21/h3-8,11H,2,9-10H2,1H3. The highest BCUT2D eigenvalue weighted by Gasteiger charge is 2.13. The van der Waals surface area contributed by atoms with Crippen molar-refractivity contribution < 1.29 is 18.8 Å². The smallest absolute Gasteiger partial charge is 0.311 e. The summed E-state index contributed by atoms with van der Waals surface area (Å²) in [6, 6.07) is 12.4. The Labute approximate surface area is 169 Å². The number of esters is 1. The lowest BCUT2D eigenvalue weighted by Gasteiger charge is -2.05. The zero-order valence-corrected chi connectivity index (χ0v) is 16.8. The Bertz CT molecular complexity index is 928. The number of nitrogens with zero attached hydrogens (tertiary/aromatic N) is 2. The molecule has 0 aliphatic rings. The van der Waals surface area contributed by atoms with Gasteiger partial charge in [0.2, 0.25) is 11.7 Å². The van der Waals surface area contributed by atoms with Crippen LogP contribution in [0.15, 0.2) is 51.5 Å². The zero-order valence-electron chi connectivity index (χ0n) is 14.4. The third-order valence-electron chi connectivity index (χ3n) is 3.55.